The molecule has 24 heteroatoms. The molecule has 5 N–H and O–H groups in total. The number of hydrogen-bond donors (Lipinski definition) is 5. The molecule has 144 heavy (non-hydrogen) atoms. The maximum Gasteiger partial charge on any atom is 0.416 e. The predicted octanol–water partition coefficient (Wildman–Crippen LogP) is 20.8. The Morgan fingerprint density at radius 3 is 1.34 bits per heavy atom. The topological polar surface area (TPSA) is 241 Å². The molecule has 0 radical (unpaired) electrons. The van der Waals surface area contributed by atoms with Gasteiger partial charge < -0.3 is 54.2 Å². The van der Waals surface area contributed by atoms with E-state index in [2.05, 4.69) is 169 Å². The lowest BCUT2D eigenvalue weighted by Gasteiger charge is -2.38. The Morgan fingerprint density at radius 2 is 0.868 bits per heavy atom. The first-order chi connectivity index (χ1) is 69.8. The molecule has 3 aliphatic rings. The summed E-state index contributed by atoms with van der Waals surface area (Å²) in [5.41, 5.74) is 21.0. The number of nitrogens with one attached hydrogen (secondary N) is 2. The van der Waals surface area contributed by atoms with Crippen molar-refractivity contribution in [1.82, 2.24) is 49.8 Å². The van der Waals surface area contributed by atoms with Crippen molar-refractivity contribution in [2.75, 3.05) is 72.3 Å². The number of H-pyrrole nitrogens is 1. The van der Waals surface area contributed by atoms with Gasteiger partial charge in [0.15, 0.2) is 0 Å². The van der Waals surface area contributed by atoms with Crippen LogP contribution in [0.3, 0.4) is 0 Å². The van der Waals surface area contributed by atoms with Crippen LogP contribution >= 0.6 is 0 Å². The molecule has 6 atom stereocenters. The van der Waals surface area contributed by atoms with Crippen LogP contribution in [0.4, 0.5) is 13.2 Å². The zero-order chi connectivity index (χ0) is 101. The van der Waals surface area contributed by atoms with Crippen LogP contribution in [0, 0.1) is 54.4 Å². The van der Waals surface area contributed by atoms with E-state index in [0.29, 0.717) is 83.5 Å². The number of rotatable bonds is 38. The number of nitrogens with zero attached hydrogens (tertiary/aromatic N) is 8. The number of carbonyl (C=O) groups excluding carboxylic acids is 2. The highest BCUT2D eigenvalue weighted by atomic mass is 19.4. The molecule has 0 spiro atoms. The van der Waals surface area contributed by atoms with Crippen molar-refractivity contribution < 1.29 is 61.8 Å². The average molecular weight is 1950 g/mol. The number of β-amino-alcohol motifs (C(OH)–C–C–N with tert-alkyl or cyclic N) is 1. The summed E-state index contributed by atoms with van der Waals surface area (Å²) in [6.07, 6.45) is 10.9. The lowest BCUT2D eigenvalue weighted by molar-refractivity contribution is -0.137. The minimum absolute atomic E-state index is 0.00970. The number of amides is 2. The largest absolute Gasteiger partial charge is 0.494 e. The highest BCUT2D eigenvalue weighted by Gasteiger charge is 2.34. The first kappa shape index (κ1) is 107. The third-order valence-corrected chi connectivity index (χ3v) is 25.7. The van der Waals surface area contributed by atoms with Gasteiger partial charge in [-0.05, 0) is 249 Å². The summed E-state index contributed by atoms with van der Waals surface area (Å²) in [5.74, 6) is 4.20. The number of ether oxygens (including phenoxy) is 5. The molecule has 0 aliphatic carbocycles. The zero-order valence-electron chi connectivity index (χ0n) is 83.5. The molecule has 0 saturated carbocycles. The van der Waals surface area contributed by atoms with Crippen LogP contribution in [0.2, 0.25) is 0 Å². The Hall–Kier alpha value is -14.0. The Morgan fingerprint density at radius 1 is 0.438 bits per heavy atom. The molecule has 0 bridgehead atoms. The summed E-state index contributed by atoms with van der Waals surface area (Å²) in [7, 11) is 0. The summed E-state index contributed by atoms with van der Waals surface area (Å²) >= 11 is 0. The van der Waals surface area contributed by atoms with Gasteiger partial charge in [-0.3, -0.25) is 48.9 Å². The van der Waals surface area contributed by atoms with Gasteiger partial charge in [-0.2, -0.15) is 13.2 Å². The van der Waals surface area contributed by atoms with Crippen LogP contribution in [0.1, 0.15) is 143 Å². The van der Waals surface area contributed by atoms with Crippen LogP contribution in [-0.2, 0) is 74.4 Å². The monoisotopic (exact) mass is 1950 g/mol. The molecule has 752 valence electrons. The summed E-state index contributed by atoms with van der Waals surface area (Å²) in [4.78, 5) is 62.4. The van der Waals surface area contributed by atoms with Crippen molar-refractivity contribution in [2.24, 2.45) is 5.92 Å². The van der Waals surface area contributed by atoms with Crippen LogP contribution in [0.25, 0.3) is 0 Å². The van der Waals surface area contributed by atoms with E-state index in [9.17, 15) is 42.9 Å². The van der Waals surface area contributed by atoms with Crippen molar-refractivity contribution in [3.8, 4) is 28.7 Å². The first-order valence-electron chi connectivity index (χ1n) is 49.5. The second-order valence-electron chi connectivity index (χ2n) is 37.5. The molecule has 10 aromatic carbocycles. The number of aryl methyl sites for hydroxylation is 7. The molecule has 21 nitrogen and oxygen atoms in total. The standard InChI is InChI=1S/C24H25F3N2O.C24H32N2O3.C24H28N2O3.C24H24N2O2.C24H26N2O2/c1-19-6-2-3-8-21(19)18-29(17-20-7-4-13-28-16-20)14-5-15-30-23-11-9-22(10-12-23)24(25,26)27;2*1-18-7-10-23(11-8-18)29-17-22(27)16-26(14-20-9-12-24(28)25-13-20)15-21-6-4-3-5-19(21)2;1-18-8-10-22(11-9-18)28-14-12-24(27)26-17-21-6-3-2-5-19(21)15-23(26)20-7-4-13-25-16-20;1-18-8-10-23(11-9-18)28-17-22(27)16-26-15-21-6-3-2-5-19(21)13-24(26)20-7-4-12-25-14-20/h2-4,6-13,16H,5,14-15,17-18H2,1H3;3-8,10-11,20,22,27H,9,12-17H2,1-2H3,(H,25,28);3-13,22,27H,14-17H2,1-2H3,(H,25,28);2-11,13,16,23H,12,14-15,17H2,1H3;2-12,14,22,24,27H,13,15-17H2,1H3. The SMILES string of the molecule is Cc1ccc(OCC(O)CN(Cc2ccc(=O)[nH]c2)Cc2ccccc2C)cc1.Cc1ccc(OCC(O)CN(Cc2ccccc2C)CC2CCC(=O)NC2)cc1.Cc1ccc(OCC(O)CN2Cc3ccccc3CC2c2cccnc2)cc1.Cc1ccc(OCCC(=O)N2Cc3ccccc3CC2c2cccnc2)cc1.Cc1ccccc1CN(CCCOc1ccc(C(F)(F)F)cc1)Cc1cccnc1. The van der Waals surface area contributed by atoms with Crippen LogP contribution in [0.5, 0.6) is 28.7 Å². The first-order valence-corrected chi connectivity index (χ1v) is 49.5. The highest BCUT2D eigenvalue weighted by molar-refractivity contribution is 5.77. The van der Waals surface area contributed by atoms with Gasteiger partial charge in [-0.25, -0.2) is 0 Å². The van der Waals surface area contributed by atoms with Gasteiger partial charge in [0.2, 0.25) is 17.4 Å². The van der Waals surface area contributed by atoms with Gasteiger partial charge in [0.05, 0.1) is 31.2 Å². The van der Waals surface area contributed by atoms with E-state index in [0.717, 1.165) is 117 Å². The zero-order valence-corrected chi connectivity index (χ0v) is 83.5. The fourth-order valence-electron chi connectivity index (χ4n) is 17.6. The molecular formula is C120H135F3N10O11. The van der Waals surface area contributed by atoms with Crippen LogP contribution < -0.4 is 34.6 Å². The van der Waals surface area contributed by atoms with E-state index in [4.69, 9.17) is 23.7 Å². The number of carbonyl (C=O) groups is 2. The fraction of sp³-hybridized carbons (Fsp3) is 0.317. The number of aliphatic hydroxyl groups is 3. The number of aliphatic hydroxyl groups excluding tert-OH is 3. The number of benzene rings is 10. The quantitative estimate of drug-likeness (QED) is 0.0226. The Balaban J connectivity index is 0.000000151. The van der Waals surface area contributed by atoms with Gasteiger partial charge in [0.1, 0.15) is 66.9 Å². The number of aromatic amines is 1. The molecule has 4 aromatic heterocycles. The normalized spacial score (nSPS) is 15.0. The summed E-state index contributed by atoms with van der Waals surface area (Å²) in [5, 5.41) is 34.8. The van der Waals surface area contributed by atoms with E-state index in [1.165, 1.54) is 102 Å². The van der Waals surface area contributed by atoms with Crippen LogP contribution in [0.15, 0.2) is 339 Å². The van der Waals surface area contributed by atoms with Gasteiger partial charge in [0, 0.05) is 147 Å². The predicted molar refractivity (Wildman–Crippen MR) is 560 cm³/mol. The van der Waals surface area contributed by atoms with Crippen LogP contribution in [-0.4, -0.2) is 162 Å². The second kappa shape index (κ2) is 55.6. The van der Waals surface area contributed by atoms with Gasteiger partial charge >= 0.3 is 6.18 Å². The third-order valence-electron chi connectivity index (χ3n) is 25.7. The van der Waals surface area contributed by atoms with Crippen molar-refractivity contribution in [2.45, 2.75) is 169 Å². The highest BCUT2D eigenvalue weighted by Crippen LogP contribution is 2.37. The molecule has 1 fully saturated rings. The molecular weight excluding hydrogens is 1810 g/mol. The number of alkyl halides is 3. The molecule has 14 aromatic rings. The van der Waals surface area contributed by atoms with Gasteiger partial charge in [-0.1, -0.05) is 216 Å². The lowest BCUT2D eigenvalue weighted by atomic mass is 9.90. The number of fused-ring (bicyclic) bond motifs is 2. The fourth-order valence-corrected chi connectivity index (χ4v) is 17.6. The van der Waals surface area contributed by atoms with E-state index in [-0.39, 0.29) is 49.3 Å². The minimum atomic E-state index is -4.33. The van der Waals surface area contributed by atoms with Gasteiger partial charge in [0.25, 0.3) is 0 Å². The molecule has 7 heterocycles. The van der Waals surface area contributed by atoms with Crippen molar-refractivity contribution in [3.63, 3.8) is 0 Å². The van der Waals surface area contributed by atoms with E-state index in [1.807, 2.05) is 209 Å². The number of pyridine rings is 4. The number of piperidine rings is 1. The summed E-state index contributed by atoms with van der Waals surface area (Å²) < 4.78 is 66.7. The van der Waals surface area contributed by atoms with E-state index >= 15 is 0 Å². The minimum Gasteiger partial charge on any atom is -0.494 e. The van der Waals surface area contributed by atoms with Crippen molar-refractivity contribution >= 4 is 11.8 Å². The molecule has 6 unspecified atom stereocenters. The smallest absolute Gasteiger partial charge is 0.416 e. The van der Waals surface area contributed by atoms with E-state index in [1.54, 1.807) is 24.8 Å². The lowest BCUT2D eigenvalue weighted by Crippen LogP contribution is -2.43. The van der Waals surface area contributed by atoms with Crippen molar-refractivity contribution in [3.05, 3.63) is 451 Å². The maximum atomic E-state index is 13.1. The molecule has 2 amide bonds. The molecule has 17 rings (SSSR count). The number of hydrogen-bond acceptors (Lipinski definition) is 18. The third kappa shape index (κ3) is 35.6. The second-order valence-corrected chi connectivity index (χ2v) is 37.5. The Bertz CT molecular complexity index is 6250. The maximum absolute atomic E-state index is 13.1. The summed E-state index contributed by atoms with van der Waals surface area (Å²) in [6, 6.07) is 93.7. The summed E-state index contributed by atoms with van der Waals surface area (Å²) in [6.45, 7) is 25.0. The van der Waals surface area contributed by atoms with E-state index < -0.39 is 30.1 Å². The Labute approximate surface area is 845 Å². The van der Waals surface area contributed by atoms with Crippen molar-refractivity contribution in [1.29, 1.82) is 0 Å². The number of halogens is 3. The average Bonchev–Trinajstić information content (AvgIpc) is 0.784. The van der Waals surface area contributed by atoms with Gasteiger partial charge in [-0.15, -0.1) is 0 Å². The molecule has 1 saturated heterocycles. The Kier molecular flexibility index (Phi) is 41.5. The molecule has 3 aliphatic heterocycles. The number of aromatic nitrogens is 4.